The molecule has 2 aromatic carbocycles. The van der Waals surface area contributed by atoms with Gasteiger partial charge in [0.05, 0.1) is 37.4 Å². The maximum absolute atomic E-state index is 13.2. The molecular formula is C26H21FN8O. The van der Waals surface area contributed by atoms with Gasteiger partial charge in [-0.15, -0.1) is 0 Å². The minimum Gasteiger partial charge on any atom is -0.383 e. The zero-order valence-corrected chi connectivity index (χ0v) is 19.1. The third-order valence-electron chi connectivity index (χ3n) is 6.11. The van der Waals surface area contributed by atoms with Crippen LogP contribution in [0.4, 0.5) is 15.9 Å². The van der Waals surface area contributed by atoms with Crippen molar-refractivity contribution in [3.8, 4) is 0 Å². The molecule has 0 radical (unpaired) electrons. The summed E-state index contributed by atoms with van der Waals surface area (Å²) in [5.41, 5.74) is 9.95. The maximum atomic E-state index is 13.2. The number of amides is 1. The highest BCUT2D eigenvalue weighted by atomic mass is 19.1. The van der Waals surface area contributed by atoms with Crippen molar-refractivity contribution >= 4 is 34.4 Å². The van der Waals surface area contributed by atoms with Crippen molar-refractivity contribution in [1.82, 2.24) is 29.6 Å². The number of aromatic nitrogens is 5. The second-order valence-electron chi connectivity index (χ2n) is 8.62. The Morgan fingerprint density at radius 1 is 1.11 bits per heavy atom. The number of imidazole rings is 1. The molecule has 0 saturated heterocycles. The number of benzene rings is 2. The molecule has 0 aliphatic carbocycles. The molecular weight excluding hydrogens is 459 g/mol. The standard InChI is InChI=1S/C26H21FN8O/c27-20-10-32-35(14-20)12-17-1-3-19-13-34-15-23(33-24(34)11-30-22(19)8-17)26(36)31-9-16-2-4-21-18(7-16)5-6-29-25(21)28/h1-8,10-11,14-15H,9,12-13H2,(H2,28,29)(H,31,36). The zero-order valence-electron chi connectivity index (χ0n) is 19.1. The molecule has 0 saturated carbocycles. The van der Waals surface area contributed by atoms with E-state index in [-0.39, 0.29) is 11.7 Å². The van der Waals surface area contributed by atoms with Gasteiger partial charge in [-0.05, 0) is 40.3 Å². The van der Waals surface area contributed by atoms with Crippen LogP contribution in [0.15, 0.2) is 72.2 Å². The number of nitrogen functional groups attached to an aromatic ring is 1. The van der Waals surface area contributed by atoms with Crippen molar-refractivity contribution in [1.29, 1.82) is 0 Å². The van der Waals surface area contributed by atoms with Gasteiger partial charge in [-0.3, -0.25) is 14.5 Å². The highest BCUT2D eigenvalue weighted by molar-refractivity contribution is 5.94. The predicted octanol–water partition coefficient (Wildman–Crippen LogP) is 3.44. The third kappa shape index (κ3) is 4.20. The van der Waals surface area contributed by atoms with Gasteiger partial charge in [-0.1, -0.05) is 24.3 Å². The number of hydrogen-bond donors (Lipinski definition) is 2. The maximum Gasteiger partial charge on any atom is 0.271 e. The van der Waals surface area contributed by atoms with Gasteiger partial charge in [0.25, 0.3) is 5.91 Å². The summed E-state index contributed by atoms with van der Waals surface area (Å²) in [7, 11) is 0. The first-order valence-electron chi connectivity index (χ1n) is 11.3. The van der Waals surface area contributed by atoms with Gasteiger partial charge in [0.15, 0.2) is 11.6 Å². The van der Waals surface area contributed by atoms with E-state index in [0.29, 0.717) is 37.0 Å². The van der Waals surface area contributed by atoms with Crippen LogP contribution >= 0.6 is 0 Å². The lowest BCUT2D eigenvalue weighted by atomic mass is 10.1. The van der Waals surface area contributed by atoms with Gasteiger partial charge in [0, 0.05) is 24.3 Å². The van der Waals surface area contributed by atoms with Crippen LogP contribution in [0.1, 0.15) is 33.0 Å². The lowest BCUT2D eigenvalue weighted by Crippen LogP contribution is -2.23. The van der Waals surface area contributed by atoms with Crippen LogP contribution in [0.2, 0.25) is 0 Å². The van der Waals surface area contributed by atoms with Gasteiger partial charge in [-0.25, -0.2) is 14.4 Å². The topological polar surface area (TPSA) is 116 Å². The Morgan fingerprint density at radius 3 is 2.86 bits per heavy atom. The summed E-state index contributed by atoms with van der Waals surface area (Å²) in [4.78, 5) is 26.0. The molecule has 0 bridgehead atoms. The first-order valence-corrected chi connectivity index (χ1v) is 11.3. The molecule has 0 unspecified atom stereocenters. The van der Waals surface area contributed by atoms with Crippen molar-refractivity contribution in [2.45, 2.75) is 19.6 Å². The van der Waals surface area contributed by atoms with Crippen LogP contribution in [0.5, 0.6) is 0 Å². The van der Waals surface area contributed by atoms with E-state index in [0.717, 1.165) is 33.2 Å². The Morgan fingerprint density at radius 2 is 2.00 bits per heavy atom. The highest BCUT2D eigenvalue weighted by Gasteiger charge is 2.17. The number of nitrogens with one attached hydrogen (secondary N) is 1. The predicted molar refractivity (Wildman–Crippen MR) is 134 cm³/mol. The third-order valence-corrected chi connectivity index (χ3v) is 6.11. The molecule has 1 aliphatic heterocycles. The van der Waals surface area contributed by atoms with Gasteiger partial charge < -0.3 is 15.6 Å². The number of fused-ring (bicyclic) bond motifs is 3. The van der Waals surface area contributed by atoms with E-state index >= 15 is 0 Å². The molecule has 0 spiro atoms. The van der Waals surface area contributed by atoms with Crippen molar-refractivity contribution in [3.05, 3.63) is 101 Å². The lowest BCUT2D eigenvalue weighted by Gasteiger charge is -2.08. The molecule has 1 aliphatic rings. The van der Waals surface area contributed by atoms with Crippen LogP contribution in [0, 0.1) is 5.82 Å². The van der Waals surface area contributed by atoms with Gasteiger partial charge in [0.2, 0.25) is 0 Å². The lowest BCUT2D eigenvalue weighted by molar-refractivity contribution is 0.0946. The fourth-order valence-corrected chi connectivity index (χ4v) is 4.29. The molecule has 10 heteroatoms. The number of nitrogens with two attached hydrogens (primary N) is 1. The summed E-state index contributed by atoms with van der Waals surface area (Å²) < 4.78 is 16.7. The first-order chi connectivity index (χ1) is 17.5. The second kappa shape index (κ2) is 8.73. The van der Waals surface area contributed by atoms with Crippen LogP contribution in [0.25, 0.3) is 10.8 Å². The number of carbonyl (C=O) groups is 1. The molecule has 36 heavy (non-hydrogen) atoms. The minimum atomic E-state index is -0.368. The summed E-state index contributed by atoms with van der Waals surface area (Å²) in [5, 5.41) is 8.77. The number of hydrogen-bond acceptors (Lipinski definition) is 6. The number of halogens is 1. The summed E-state index contributed by atoms with van der Waals surface area (Å²) >= 11 is 0. The van der Waals surface area contributed by atoms with Crippen molar-refractivity contribution in [2.75, 3.05) is 5.73 Å². The normalized spacial score (nSPS) is 12.2. The SMILES string of the molecule is Nc1nccc2cc(CNC(=O)c3cn4c(n3)C=Nc3cc(Cn5cc(F)cn5)ccc3C4)ccc12. The minimum absolute atomic E-state index is 0.264. The van der Waals surface area contributed by atoms with Crippen LogP contribution < -0.4 is 11.1 Å². The van der Waals surface area contributed by atoms with Crippen molar-refractivity contribution in [2.24, 2.45) is 4.99 Å². The number of pyridine rings is 1. The first kappa shape index (κ1) is 21.7. The molecule has 3 N–H and O–H groups in total. The molecule has 5 aromatic rings. The van der Waals surface area contributed by atoms with Gasteiger partial charge in [-0.2, -0.15) is 5.10 Å². The Hall–Kier alpha value is -4.86. The number of aliphatic imine (C=N–C) groups is 1. The van der Waals surface area contributed by atoms with E-state index in [1.807, 2.05) is 47.0 Å². The average Bonchev–Trinajstić information content (AvgIpc) is 3.43. The number of carbonyl (C=O) groups excluding carboxylic acids is 1. The van der Waals surface area contributed by atoms with E-state index in [1.54, 1.807) is 18.6 Å². The largest absolute Gasteiger partial charge is 0.383 e. The summed E-state index contributed by atoms with van der Waals surface area (Å²) in [6, 6.07) is 13.6. The summed E-state index contributed by atoms with van der Waals surface area (Å²) in [5.74, 6) is 0.449. The fraction of sp³-hybridized carbons (Fsp3) is 0.115. The summed E-state index contributed by atoms with van der Waals surface area (Å²) in [6.07, 6.45) is 7.59. The molecule has 6 rings (SSSR count). The van der Waals surface area contributed by atoms with E-state index in [4.69, 9.17) is 5.73 Å². The number of anilines is 1. The number of rotatable bonds is 5. The van der Waals surface area contributed by atoms with Crippen LogP contribution in [0.3, 0.4) is 0 Å². The Kier molecular flexibility index (Phi) is 5.25. The average molecular weight is 481 g/mol. The van der Waals surface area contributed by atoms with E-state index in [9.17, 15) is 9.18 Å². The summed E-state index contributed by atoms with van der Waals surface area (Å²) in [6.45, 7) is 1.34. The monoisotopic (exact) mass is 480 g/mol. The molecule has 9 nitrogen and oxygen atoms in total. The smallest absolute Gasteiger partial charge is 0.271 e. The number of nitrogens with zero attached hydrogens (tertiary/aromatic N) is 6. The molecule has 1 amide bonds. The van der Waals surface area contributed by atoms with Gasteiger partial charge in [0.1, 0.15) is 11.5 Å². The zero-order chi connectivity index (χ0) is 24.6. The Balaban J connectivity index is 1.15. The van der Waals surface area contributed by atoms with Gasteiger partial charge >= 0.3 is 0 Å². The van der Waals surface area contributed by atoms with Crippen molar-refractivity contribution < 1.29 is 9.18 Å². The van der Waals surface area contributed by atoms with E-state index in [1.165, 1.54) is 17.1 Å². The Labute approximate surface area is 205 Å². The van der Waals surface area contributed by atoms with E-state index in [2.05, 4.69) is 25.4 Å². The van der Waals surface area contributed by atoms with E-state index < -0.39 is 0 Å². The Bertz CT molecular complexity index is 1650. The van der Waals surface area contributed by atoms with Crippen molar-refractivity contribution in [3.63, 3.8) is 0 Å². The molecule has 3 aromatic heterocycles. The molecule has 4 heterocycles. The second-order valence-corrected chi connectivity index (χ2v) is 8.62. The molecule has 0 atom stereocenters. The van der Waals surface area contributed by atoms with Crippen LogP contribution in [-0.2, 0) is 19.6 Å². The molecule has 178 valence electrons. The fourth-order valence-electron chi connectivity index (χ4n) is 4.29. The quantitative estimate of drug-likeness (QED) is 0.392. The molecule has 0 fully saturated rings. The van der Waals surface area contributed by atoms with Crippen LogP contribution in [-0.4, -0.2) is 36.4 Å². The highest BCUT2D eigenvalue weighted by Crippen LogP contribution is 2.26.